The molecule has 126 valence electrons. The highest BCUT2D eigenvalue weighted by Gasteiger charge is 2.18. The monoisotopic (exact) mass is 343 g/mol. The van der Waals surface area contributed by atoms with Crippen LogP contribution in [0.5, 0.6) is 5.75 Å². The van der Waals surface area contributed by atoms with Gasteiger partial charge in [0.05, 0.1) is 11.4 Å². The number of rotatable bonds is 6. The van der Waals surface area contributed by atoms with Crippen molar-refractivity contribution in [3.8, 4) is 5.75 Å². The molecule has 0 aromatic heterocycles. The van der Waals surface area contributed by atoms with Gasteiger partial charge in [-0.15, -0.1) is 0 Å². The van der Waals surface area contributed by atoms with Crippen LogP contribution in [0.4, 0.5) is 11.4 Å². The van der Waals surface area contributed by atoms with Gasteiger partial charge in [0.15, 0.2) is 6.61 Å². The maximum atomic E-state index is 11.4. The highest BCUT2D eigenvalue weighted by molar-refractivity contribution is 8.00. The molecule has 1 amide bonds. The second-order valence-electron chi connectivity index (χ2n) is 5.47. The molecule has 3 rings (SSSR count). The van der Waals surface area contributed by atoms with E-state index in [4.69, 9.17) is 4.74 Å². The Morgan fingerprint density at radius 1 is 1.25 bits per heavy atom. The fourth-order valence-corrected chi connectivity index (χ4v) is 3.29. The first-order valence-electron chi connectivity index (χ1n) is 7.99. The third-order valence-electron chi connectivity index (χ3n) is 3.83. The molecule has 2 aromatic carbocycles. The number of anilines is 2. The van der Waals surface area contributed by atoms with Crippen LogP contribution in [-0.2, 0) is 11.2 Å². The van der Waals surface area contributed by atoms with E-state index < -0.39 is 0 Å². The standard InChI is InChI=1S/C18H21N3O2S/c1-19-17(22)12-23-16-10-9-15(18-14(16)8-5-11-20-18)21-24-13-6-3-2-4-7-13/h2-4,6-7,9-10,20-21H,5,8,11-12H2,1H3,(H,19,22). The van der Waals surface area contributed by atoms with Crippen LogP contribution >= 0.6 is 11.9 Å². The molecule has 0 spiro atoms. The molecule has 2 aromatic rings. The SMILES string of the molecule is CNC(=O)COc1ccc(NSc2ccccc2)c2c1CCCN2. The van der Waals surface area contributed by atoms with E-state index >= 15 is 0 Å². The van der Waals surface area contributed by atoms with E-state index in [-0.39, 0.29) is 12.5 Å². The van der Waals surface area contributed by atoms with Crippen LogP contribution in [0.2, 0.25) is 0 Å². The lowest BCUT2D eigenvalue weighted by atomic mass is 10.0. The van der Waals surface area contributed by atoms with Gasteiger partial charge in [-0.1, -0.05) is 18.2 Å². The van der Waals surface area contributed by atoms with Gasteiger partial charge in [-0.2, -0.15) is 0 Å². The Labute approximate surface area is 146 Å². The van der Waals surface area contributed by atoms with Gasteiger partial charge in [-0.25, -0.2) is 0 Å². The summed E-state index contributed by atoms with van der Waals surface area (Å²) in [5.74, 6) is 0.644. The maximum absolute atomic E-state index is 11.4. The van der Waals surface area contributed by atoms with Crippen molar-refractivity contribution in [1.82, 2.24) is 5.32 Å². The van der Waals surface area contributed by atoms with E-state index in [1.54, 1.807) is 19.0 Å². The molecule has 24 heavy (non-hydrogen) atoms. The number of hydrogen-bond acceptors (Lipinski definition) is 5. The molecule has 0 bridgehead atoms. The third kappa shape index (κ3) is 3.94. The lowest BCUT2D eigenvalue weighted by Gasteiger charge is -2.24. The number of benzene rings is 2. The predicted octanol–water partition coefficient (Wildman–Crippen LogP) is 3.29. The topological polar surface area (TPSA) is 62.4 Å². The van der Waals surface area contributed by atoms with Crippen LogP contribution in [0.3, 0.4) is 0 Å². The number of ether oxygens (including phenoxy) is 1. The minimum absolute atomic E-state index is 0.0362. The summed E-state index contributed by atoms with van der Waals surface area (Å²) in [6.45, 7) is 0.977. The van der Waals surface area contributed by atoms with Gasteiger partial charge in [0.25, 0.3) is 5.91 Å². The largest absolute Gasteiger partial charge is 0.483 e. The van der Waals surface area contributed by atoms with Crippen molar-refractivity contribution in [3.63, 3.8) is 0 Å². The molecule has 0 radical (unpaired) electrons. The number of carbonyl (C=O) groups is 1. The summed E-state index contributed by atoms with van der Waals surface area (Å²) >= 11 is 1.58. The van der Waals surface area contributed by atoms with E-state index in [1.165, 1.54) is 0 Å². The Morgan fingerprint density at radius 3 is 2.88 bits per heavy atom. The van der Waals surface area contributed by atoms with Gasteiger partial charge < -0.3 is 20.1 Å². The molecule has 0 saturated carbocycles. The summed E-state index contributed by atoms with van der Waals surface area (Å²) in [4.78, 5) is 12.6. The minimum atomic E-state index is -0.130. The zero-order valence-electron chi connectivity index (χ0n) is 13.6. The van der Waals surface area contributed by atoms with E-state index in [0.29, 0.717) is 0 Å². The van der Waals surface area contributed by atoms with Crippen molar-refractivity contribution < 1.29 is 9.53 Å². The molecule has 5 nitrogen and oxygen atoms in total. The Balaban J connectivity index is 1.77. The van der Waals surface area contributed by atoms with Crippen molar-refractivity contribution in [3.05, 3.63) is 48.0 Å². The number of fused-ring (bicyclic) bond motifs is 1. The second kappa shape index (κ2) is 7.97. The van der Waals surface area contributed by atoms with Crippen LogP contribution < -0.4 is 20.1 Å². The summed E-state index contributed by atoms with van der Waals surface area (Å²) in [6, 6.07) is 14.1. The first-order chi connectivity index (χ1) is 11.8. The Hall–Kier alpha value is -2.34. The van der Waals surface area contributed by atoms with E-state index in [1.807, 2.05) is 30.3 Å². The average Bonchev–Trinajstić information content (AvgIpc) is 2.65. The maximum Gasteiger partial charge on any atom is 0.257 e. The summed E-state index contributed by atoms with van der Waals surface area (Å²) in [6.07, 6.45) is 2.00. The Kier molecular flexibility index (Phi) is 5.48. The van der Waals surface area contributed by atoms with E-state index in [0.717, 1.165) is 47.0 Å². The van der Waals surface area contributed by atoms with Gasteiger partial charge in [-0.3, -0.25) is 4.79 Å². The van der Waals surface area contributed by atoms with Gasteiger partial charge in [0.2, 0.25) is 0 Å². The van der Waals surface area contributed by atoms with Crippen LogP contribution in [0.15, 0.2) is 47.4 Å². The van der Waals surface area contributed by atoms with Gasteiger partial charge in [0, 0.05) is 24.1 Å². The molecule has 3 N–H and O–H groups in total. The zero-order valence-corrected chi connectivity index (χ0v) is 14.4. The lowest BCUT2D eigenvalue weighted by molar-refractivity contribution is -0.122. The quantitative estimate of drug-likeness (QED) is 0.703. The first-order valence-corrected chi connectivity index (χ1v) is 8.80. The average molecular weight is 343 g/mol. The molecule has 0 saturated heterocycles. The van der Waals surface area contributed by atoms with Crippen molar-refractivity contribution in [1.29, 1.82) is 0 Å². The normalized spacial score (nSPS) is 12.7. The zero-order chi connectivity index (χ0) is 16.8. The predicted molar refractivity (Wildman–Crippen MR) is 98.7 cm³/mol. The molecule has 0 aliphatic carbocycles. The summed E-state index contributed by atoms with van der Waals surface area (Å²) < 4.78 is 9.10. The smallest absolute Gasteiger partial charge is 0.257 e. The number of carbonyl (C=O) groups excluding carboxylic acids is 1. The van der Waals surface area contributed by atoms with Crippen molar-refractivity contribution >= 4 is 29.2 Å². The number of hydrogen-bond donors (Lipinski definition) is 3. The number of likely N-dealkylation sites (N-methyl/N-ethyl adjacent to an activating group) is 1. The Morgan fingerprint density at radius 2 is 2.08 bits per heavy atom. The van der Waals surface area contributed by atoms with Crippen LogP contribution in [-0.4, -0.2) is 26.1 Å². The van der Waals surface area contributed by atoms with E-state index in [9.17, 15) is 4.79 Å². The molecular weight excluding hydrogens is 322 g/mol. The van der Waals surface area contributed by atoms with Crippen LogP contribution in [0.1, 0.15) is 12.0 Å². The molecule has 0 unspecified atom stereocenters. The molecule has 1 heterocycles. The van der Waals surface area contributed by atoms with Crippen molar-refractivity contribution in [2.75, 3.05) is 30.2 Å². The molecule has 0 fully saturated rings. The first kappa shape index (κ1) is 16.5. The van der Waals surface area contributed by atoms with Gasteiger partial charge in [-0.05, 0) is 49.1 Å². The van der Waals surface area contributed by atoms with Crippen molar-refractivity contribution in [2.45, 2.75) is 17.7 Å². The molecule has 6 heteroatoms. The summed E-state index contributed by atoms with van der Waals surface area (Å²) in [5, 5.41) is 6.02. The van der Waals surface area contributed by atoms with E-state index in [2.05, 4.69) is 27.5 Å². The van der Waals surface area contributed by atoms with Gasteiger partial charge >= 0.3 is 0 Å². The minimum Gasteiger partial charge on any atom is -0.483 e. The van der Waals surface area contributed by atoms with Crippen LogP contribution in [0.25, 0.3) is 0 Å². The molecular formula is C18H21N3O2S. The fourth-order valence-electron chi connectivity index (χ4n) is 2.60. The number of nitrogens with one attached hydrogen (secondary N) is 3. The molecule has 0 atom stereocenters. The lowest BCUT2D eigenvalue weighted by Crippen LogP contribution is -2.25. The number of amides is 1. The fraction of sp³-hybridized carbons (Fsp3) is 0.278. The molecule has 1 aliphatic rings. The Bertz CT molecular complexity index is 707. The molecule has 1 aliphatic heterocycles. The third-order valence-corrected chi connectivity index (χ3v) is 4.66. The van der Waals surface area contributed by atoms with Crippen molar-refractivity contribution in [2.24, 2.45) is 0 Å². The summed E-state index contributed by atoms with van der Waals surface area (Å²) in [7, 11) is 1.61. The highest BCUT2D eigenvalue weighted by Crippen LogP contribution is 2.38. The van der Waals surface area contributed by atoms with Gasteiger partial charge in [0.1, 0.15) is 5.75 Å². The summed E-state index contributed by atoms with van der Waals surface area (Å²) in [5.41, 5.74) is 3.23. The second-order valence-corrected chi connectivity index (χ2v) is 6.35. The van der Waals surface area contributed by atoms with Crippen LogP contribution in [0, 0.1) is 0 Å². The highest BCUT2D eigenvalue weighted by atomic mass is 32.2.